The van der Waals surface area contributed by atoms with E-state index in [1.165, 1.54) is 7.11 Å². The number of Topliss-reactive ketones (excluding diaryl/α,β-unsaturated/α-hetero) is 1. The van der Waals surface area contributed by atoms with Crippen molar-refractivity contribution < 1.29 is 19.4 Å². The van der Waals surface area contributed by atoms with Crippen LogP contribution in [0.25, 0.3) is 0 Å². The Balaban J connectivity index is 0.000000288. The number of aliphatic carboxylic acids is 1. The lowest BCUT2D eigenvalue weighted by Gasteiger charge is -1.89. The summed E-state index contributed by atoms with van der Waals surface area (Å²) in [4.78, 5) is 20.1. The van der Waals surface area contributed by atoms with Crippen LogP contribution in [0.5, 0.6) is 0 Å². The molecule has 0 saturated carbocycles. The average molecular weight is 210 g/mol. The van der Waals surface area contributed by atoms with Gasteiger partial charge in [0.1, 0.15) is 6.61 Å². The molecule has 1 rings (SSSR count). The zero-order valence-electron chi connectivity index (χ0n) is 8.77. The first-order chi connectivity index (χ1) is 7.07. The predicted octanol–water partition coefficient (Wildman–Crippen LogP) is 1.61. The lowest BCUT2D eigenvalue weighted by Crippen LogP contribution is -2.02. The highest BCUT2D eigenvalue weighted by molar-refractivity contribution is 5.93. The first-order valence-corrected chi connectivity index (χ1v) is 4.34. The number of ketones is 1. The fourth-order valence-electron chi connectivity index (χ4n) is 0.796. The molecule has 0 radical (unpaired) electrons. The summed E-state index contributed by atoms with van der Waals surface area (Å²) < 4.78 is 4.20. The van der Waals surface area contributed by atoms with Crippen molar-refractivity contribution in [2.45, 2.75) is 6.92 Å². The molecule has 0 aromatic heterocycles. The number of hydrogen-bond acceptors (Lipinski definition) is 3. The number of methoxy groups -OCH3 is 1. The Morgan fingerprint density at radius 1 is 1.27 bits per heavy atom. The molecular formula is C11H14O4. The van der Waals surface area contributed by atoms with Gasteiger partial charge in [-0.1, -0.05) is 30.3 Å². The van der Waals surface area contributed by atoms with Crippen LogP contribution < -0.4 is 0 Å². The van der Waals surface area contributed by atoms with Crippen molar-refractivity contribution >= 4 is 11.8 Å². The van der Waals surface area contributed by atoms with Crippen molar-refractivity contribution in [3.8, 4) is 0 Å². The summed E-state index contributed by atoms with van der Waals surface area (Å²) in [5.74, 6) is -0.812. The van der Waals surface area contributed by atoms with E-state index in [-0.39, 0.29) is 12.4 Å². The van der Waals surface area contributed by atoms with Gasteiger partial charge in [-0.15, -0.1) is 0 Å². The molecule has 82 valence electrons. The zero-order chi connectivity index (χ0) is 11.7. The van der Waals surface area contributed by atoms with Crippen molar-refractivity contribution in [2.24, 2.45) is 0 Å². The second-order valence-corrected chi connectivity index (χ2v) is 2.75. The largest absolute Gasteiger partial charge is 0.480 e. The molecule has 0 spiro atoms. The summed E-state index contributed by atoms with van der Waals surface area (Å²) in [6.45, 7) is 1.36. The lowest BCUT2D eigenvalue weighted by atomic mass is 10.2. The maximum atomic E-state index is 10.6. The van der Waals surface area contributed by atoms with E-state index < -0.39 is 5.97 Å². The van der Waals surface area contributed by atoms with E-state index in [9.17, 15) is 9.59 Å². The number of carboxylic acid groups (broad SMARTS) is 1. The molecular weight excluding hydrogens is 196 g/mol. The number of hydrogen-bond donors (Lipinski definition) is 1. The van der Waals surface area contributed by atoms with Crippen LogP contribution >= 0.6 is 0 Å². The zero-order valence-corrected chi connectivity index (χ0v) is 8.77. The molecule has 4 heteroatoms. The van der Waals surface area contributed by atoms with Crippen LogP contribution in [0.4, 0.5) is 0 Å². The molecule has 15 heavy (non-hydrogen) atoms. The molecule has 0 heterocycles. The van der Waals surface area contributed by atoms with Crippen LogP contribution in [0.2, 0.25) is 0 Å². The topological polar surface area (TPSA) is 63.6 Å². The van der Waals surface area contributed by atoms with Crippen LogP contribution in [-0.4, -0.2) is 30.6 Å². The van der Waals surface area contributed by atoms with Gasteiger partial charge in [0.15, 0.2) is 5.78 Å². The van der Waals surface area contributed by atoms with Gasteiger partial charge in [0.2, 0.25) is 0 Å². The molecule has 4 nitrogen and oxygen atoms in total. The highest BCUT2D eigenvalue weighted by atomic mass is 16.5. The second-order valence-electron chi connectivity index (χ2n) is 2.75. The minimum Gasteiger partial charge on any atom is -0.480 e. The van der Waals surface area contributed by atoms with E-state index in [0.717, 1.165) is 5.56 Å². The SMILES string of the molecule is CC(=O)c1ccccc1.COCC(=O)O. The van der Waals surface area contributed by atoms with Crippen LogP contribution in [0.1, 0.15) is 17.3 Å². The van der Waals surface area contributed by atoms with Gasteiger partial charge in [0.05, 0.1) is 0 Å². The Morgan fingerprint density at radius 2 is 1.80 bits per heavy atom. The summed E-state index contributed by atoms with van der Waals surface area (Å²) in [5.41, 5.74) is 0.775. The van der Waals surface area contributed by atoms with Crippen molar-refractivity contribution in [2.75, 3.05) is 13.7 Å². The monoisotopic (exact) mass is 210 g/mol. The summed E-state index contributed by atoms with van der Waals surface area (Å²) in [5, 5.41) is 7.79. The van der Waals surface area contributed by atoms with E-state index in [2.05, 4.69) is 4.74 Å². The summed E-state index contributed by atoms with van der Waals surface area (Å²) >= 11 is 0. The third kappa shape index (κ3) is 7.40. The molecule has 0 fully saturated rings. The highest BCUT2D eigenvalue weighted by Crippen LogP contribution is 1.97. The first-order valence-electron chi connectivity index (χ1n) is 4.34. The fourth-order valence-corrected chi connectivity index (χ4v) is 0.796. The summed E-state index contributed by atoms with van der Waals surface area (Å²) in [7, 11) is 1.34. The molecule has 0 unspecified atom stereocenters. The van der Waals surface area contributed by atoms with Gasteiger partial charge in [-0.05, 0) is 6.92 Å². The summed E-state index contributed by atoms with van der Waals surface area (Å²) in [6, 6.07) is 9.23. The Bertz CT molecular complexity index is 306. The normalized spacial score (nSPS) is 8.67. The molecule has 0 bridgehead atoms. The maximum absolute atomic E-state index is 10.6. The minimum absolute atomic E-state index is 0.121. The van der Waals surface area contributed by atoms with Gasteiger partial charge in [-0.2, -0.15) is 0 Å². The van der Waals surface area contributed by atoms with E-state index in [1.54, 1.807) is 6.92 Å². The number of carboxylic acids is 1. The Labute approximate surface area is 88.5 Å². The summed E-state index contributed by atoms with van der Waals surface area (Å²) in [6.07, 6.45) is 0. The smallest absolute Gasteiger partial charge is 0.329 e. The molecule has 0 aliphatic carbocycles. The average Bonchev–Trinajstić information content (AvgIpc) is 2.20. The van der Waals surface area contributed by atoms with E-state index in [1.807, 2.05) is 30.3 Å². The van der Waals surface area contributed by atoms with Crippen LogP contribution in [-0.2, 0) is 9.53 Å². The van der Waals surface area contributed by atoms with Gasteiger partial charge in [0, 0.05) is 12.7 Å². The fraction of sp³-hybridized carbons (Fsp3) is 0.273. The van der Waals surface area contributed by atoms with Crippen molar-refractivity contribution in [1.29, 1.82) is 0 Å². The third-order valence-corrected chi connectivity index (χ3v) is 1.45. The molecule has 0 amide bonds. The van der Waals surface area contributed by atoms with Crippen LogP contribution in [0, 0.1) is 0 Å². The van der Waals surface area contributed by atoms with Crippen molar-refractivity contribution in [1.82, 2.24) is 0 Å². The highest BCUT2D eigenvalue weighted by Gasteiger charge is 1.92. The van der Waals surface area contributed by atoms with Crippen LogP contribution in [0.15, 0.2) is 30.3 Å². The standard InChI is InChI=1S/C8H8O.C3H6O3/c1-7(9)8-5-3-2-4-6-8;1-6-2-3(4)5/h2-6H,1H3;2H2,1H3,(H,4,5). The van der Waals surface area contributed by atoms with Gasteiger partial charge in [-0.3, -0.25) is 4.79 Å². The number of benzene rings is 1. The molecule has 1 aromatic rings. The van der Waals surface area contributed by atoms with Gasteiger partial charge in [0.25, 0.3) is 0 Å². The molecule has 0 aliphatic rings. The Hall–Kier alpha value is -1.68. The Morgan fingerprint density at radius 3 is 2.00 bits per heavy atom. The van der Waals surface area contributed by atoms with E-state index in [0.29, 0.717) is 0 Å². The Kier molecular flexibility index (Phi) is 6.84. The van der Waals surface area contributed by atoms with Gasteiger partial charge < -0.3 is 9.84 Å². The maximum Gasteiger partial charge on any atom is 0.329 e. The second kappa shape index (κ2) is 7.70. The predicted molar refractivity (Wildman–Crippen MR) is 56.0 cm³/mol. The van der Waals surface area contributed by atoms with E-state index >= 15 is 0 Å². The molecule has 0 atom stereocenters. The minimum atomic E-state index is -0.933. The first kappa shape index (κ1) is 13.3. The number of rotatable bonds is 3. The molecule has 1 N–H and O–H groups in total. The van der Waals surface area contributed by atoms with E-state index in [4.69, 9.17) is 5.11 Å². The quantitative estimate of drug-likeness (QED) is 0.770. The molecule has 0 saturated heterocycles. The van der Waals surface area contributed by atoms with Crippen LogP contribution in [0.3, 0.4) is 0 Å². The van der Waals surface area contributed by atoms with Gasteiger partial charge in [-0.25, -0.2) is 4.79 Å². The van der Waals surface area contributed by atoms with Crippen molar-refractivity contribution in [3.05, 3.63) is 35.9 Å². The molecule has 1 aromatic carbocycles. The van der Waals surface area contributed by atoms with Crippen molar-refractivity contribution in [3.63, 3.8) is 0 Å². The lowest BCUT2D eigenvalue weighted by molar-refractivity contribution is -0.141. The molecule has 0 aliphatic heterocycles. The number of carbonyl (C=O) groups is 2. The number of carbonyl (C=O) groups excluding carboxylic acids is 1. The number of ether oxygens (including phenoxy) is 1. The third-order valence-electron chi connectivity index (χ3n) is 1.45. The van der Waals surface area contributed by atoms with Gasteiger partial charge >= 0.3 is 5.97 Å².